The van der Waals surface area contributed by atoms with Crippen molar-refractivity contribution in [1.29, 1.82) is 0 Å². The van der Waals surface area contributed by atoms with Gasteiger partial charge in [-0.2, -0.15) is 0 Å². The summed E-state index contributed by atoms with van der Waals surface area (Å²) < 4.78 is 0. The van der Waals surface area contributed by atoms with Gasteiger partial charge in [-0.15, -0.1) is 0 Å². The molecule has 34 heavy (non-hydrogen) atoms. The van der Waals surface area contributed by atoms with Crippen LogP contribution >= 0.6 is 0 Å². The summed E-state index contributed by atoms with van der Waals surface area (Å²) in [4.78, 5) is 0. The van der Waals surface area contributed by atoms with E-state index in [1.165, 1.54) is 25.7 Å². The molecular formula is C32H60Si2. The molecule has 5 saturated carbocycles. The van der Waals surface area contributed by atoms with Gasteiger partial charge in [0.05, 0.1) is 0 Å². The quantitative estimate of drug-likeness (QED) is 0.305. The van der Waals surface area contributed by atoms with Gasteiger partial charge in [0.1, 0.15) is 0 Å². The van der Waals surface area contributed by atoms with E-state index in [9.17, 15) is 0 Å². The highest BCUT2D eigenvalue weighted by atomic mass is 29.3. The normalized spacial score (nSPS) is 43.8. The predicted octanol–water partition coefficient (Wildman–Crippen LogP) is 10.5. The first kappa shape index (κ1) is 26.1. The summed E-state index contributed by atoms with van der Waals surface area (Å²) in [5.41, 5.74) is 2.31. The molecule has 0 amide bonds. The summed E-state index contributed by atoms with van der Waals surface area (Å²) in [6.07, 6.45) is 25.1. The van der Waals surface area contributed by atoms with Crippen molar-refractivity contribution in [2.45, 2.75) is 154 Å². The van der Waals surface area contributed by atoms with E-state index in [-0.39, 0.29) is 0 Å². The second-order valence-corrected chi connectivity index (χ2v) is 31.7. The molecule has 5 aliphatic carbocycles. The van der Waals surface area contributed by atoms with Crippen molar-refractivity contribution >= 4 is 15.2 Å². The summed E-state index contributed by atoms with van der Waals surface area (Å²) in [6.45, 7) is 16.9. The second kappa shape index (κ2) is 10.3. The van der Waals surface area contributed by atoms with Crippen LogP contribution in [0.15, 0.2) is 0 Å². The van der Waals surface area contributed by atoms with E-state index in [1.807, 2.05) is 0 Å². The summed E-state index contributed by atoms with van der Waals surface area (Å²) >= 11 is 0. The average Bonchev–Trinajstić information content (AvgIpc) is 3.54. The summed E-state index contributed by atoms with van der Waals surface area (Å²) in [5, 5.41) is 0. The van der Waals surface area contributed by atoms with Gasteiger partial charge in [-0.3, -0.25) is 0 Å². The number of hydrogen-bond acceptors (Lipinski definition) is 0. The molecular weight excluding hydrogens is 441 g/mol. The Morgan fingerprint density at radius 1 is 0.647 bits per heavy atom. The lowest BCUT2D eigenvalue weighted by Crippen LogP contribution is -2.62. The van der Waals surface area contributed by atoms with Crippen molar-refractivity contribution in [2.24, 2.45) is 47.3 Å². The van der Waals surface area contributed by atoms with Gasteiger partial charge in [0, 0.05) is 15.2 Å². The first-order valence-electron chi connectivity index (χ1n) is 16.3. The fraction of sp³-hybridized carbons (Fsp3) is 1.00. The Kier molecular flexibility index (Phi) is 7.89. The zero-order valence-electron chi connectivity index (χ0n) is 24.1. The SMILES string of the molecule is CCCCC1CCC([Si](C)(C)[Si](C)(C)C2C(C)CC3C2CC2CCCC2C3C2CCCCC2)C1. The standard InChI is InChI=1S/C32H60Si2/c1-7-8-13-24-18-19-27(21-24)33(3,4)34(5,6)32-23(2)20-29-30(32)22-26-16-12-17-28(26)31(29)25-14-10-9-11-15-25/h23-32H,7-22H2,1-6H3. The Labute approximate surface area is 216 Å². The van der Waals surface area contributed by atoms with Crippen molar-refractivity contribution in [2.75, 3.05) is 0 Å². The van der Waals surface area contributed by atoms with E-state index >= 15 is 0 Å². The smallest absolute Gasteiger partial charge is 0.0451 e. The third-order valence-corrected chi connectivity index (χ3v) is 34.5. The Morgan fingerprint density at radius 2 is 1.38 bits per heavy atom. The highest BCUT2D eigenvalue weighted by Crippen LogP contribution is 2.66. The van der Waals surface area contributed by atoms with Gasteiger partial charge in [-0.1, -0.05) is 124 Å². The van der Waals surface area contributed by atoms with Gasteiger partial charge in [-0.05, 0) is 77.7 Å². The van der Waals surface area contributed by atoms with Crippen LogP contribution in [0.5, 0.6) is 0 Å². The summed E-state index contributed by atoms with van der Waals surface area (Å²) in [6, 6.07) is 0. The third-order valence-electron chi connectivity index (χ3n) is 13.8. The number of fused-ring (bicyclic) bond motifs is 2. The molecule has 0 aromatic rings. The molecule has 0 saturated heterocycles. The molecule has 9 atom stereocenters. The van der Waals surface area contributed by atoms with Crippen LogP contribution in [0.2, 0.25) is 37.3 Å². The maximum Gasteiger partial charge on any atom is 0.0451 e. The lowest BCUT2D eigenvalue weighted by Gasteiger charge is -2.53. The molecule has 0 heterocycles. The molecule has 0 aromatic carbocycles. The largest absolute Gasteiger partial charge is 0.0711 e. The average molecular weight is 501 g/mol. The Morgan fingerprint density at radius 3 is 2.12 bits per heavy atom. The van der Waals surface area contributed by atoms with Crippen LogP contribution in [0, 0.1) is 47.3 Å². The molecule has 5 aliphatic rings. The minimum absolute atomic E-state index is 1.03. The van der Waals surface area contributed by atoms with Crippen LogP contribution in [0.4, 0.5) is 0 Å². The summed E-state index contributed by atoms with van der Waals surface area (Å²) in [7, 11) is -2.50. The van der Waals surface area contributed by atoms with Crippen molar-refractivity contribution in [3.63, 3.8) is 0 Å². The van der Waals surface area contributed by atoms with Gasteiger partial charge in [0.2, 0.25) is 0 Å². The van der Waals surface area contributed by atoms with Crippen LogP contribution in [0.1, 0.15) is 117 Å². The van der Waals surface area contributed by atoms with E-state index in [2.05, 4.69) is 40.0 Å². The zero-order valence-corrected chi connectivity index (χ0v) is 26.1. The Hall–Kier alpha value is 0.434. The van der Waals surface area contributed by atoms with Gasteiger partial charge in [0.15, 0.2) is 0 Å². The van der Waals surface area contributed by atoms with E-state index in [0.717, 1.165) is 58.4 Å². The predicted molar refractivity (Wildman–Crippen MR) is 156 cm³/mol. The van der Waals surface area contributed by atoms with Crippen LogP contribution in [0.25, 0.3) is 0 Å². The molecule has 5 fully saturated rings. The fourth-order valence-corrected chi connectivity index (χ4v) is 26.4. The Bertz CT molecular complexity index is 676. The second-order valence-electron chi connectivity index (χ2n) is 15.6. The van der Waals surface area contributed by atoms with Gasteiger partial charge in [0.25, 0.3) is 0 Å². The molecule has 0 bridgehead atoms. The molecule has 196 valence electrons. The number of hydrogen-bond donors (Lipinski definition) is 0. The van der Waals surface area contributed by atoms with E-state index < -0.39 is 15.2 Å². The van der Waals surface area contributed by atoms with Crippen LogP contribution < -0.4 is 0 Å². The van der Waals surface area contributed by atoms with Crippen LogP contribution in [-0.2, 0) is 0 Å². The molecule has 9 unspecified atom stereocenters. The minimum atomic E-state index is -1.28. The lowest BCUT2D eigenvalue weighted by atomic mass is 9.58. The van der Waals surface area contributed by atoms with Crippen molar-refractivity contribution in [1.82, 2.24) is 0 Å². The number of rotatable bonds is 7. The highest BCUT2D eigenvalue weighted by molar-refractivity contribution is 7.41. The monoisotopic (exact) mass is 500 g/mol. The number of unbranched alkanes of at least 4 members (excludes halogenated alkanes) is 1. The van der Waals surface area contributed by atoms with Gasteiger partial charge < -0.3 is 0 Å². The molecule has 0 nitrogen and oxygen atoms in total. The van der Waals surface area contributed by atoms with Crippen LogP contribution in [-0.4, -0.2) is 15.2 Å². The van der Waals surface area contributed by atoms with E-state index in [4.69, 9.17) is 0 Å². The van der Waals surface area contributed by atoms with Gasteiger partial charge in [-0.25, -0.2) is 0 Å². The van der Waals surface area contributed by atoms with Crippen molar-refractivity contribution in [3.05, 3.63) is 0 Å². The summed E-state index contributed by atoms with van der Waals surface area (Å²) in [5.74, 6) is 8.89. The molecule has 5 rings (SSSR count). The van der Waals surface area contributed by atoms with Crippen molar-refractivity contribution < 1.29 is 0 Å². The maximum absolute atomic E-state index is 2.96. The Balaban J connectivity index is 1.38. The molecule has 0 aliphatic heterocycles. The highest BCUT2D eigenvalue weighted by Gasteiger charge is 2.62. The molecule has 0 N–H and O–H groups in total. The van der Waals surface area contributed by atoms with E-state index in [0.29, 0.717) is 0 Å². The minimum Gasteiger partial charge on any atom is -0.0711 e. The first-order chi connectivity index (χ1) is 16.3. The topological polar surface area (TPSA) is 0 Å². The fourth-order valence-electron chi connectivity index (χ4n) is 11.6. The van der Waals surface area contributed by atoms with Gasteiger partial charge >= 0.3 is 0 Å². The molecule has 0 aromatic heterocycles. The third kappa shape index (κ3) is 4.50. The molecule has 2 heteroatoms. The van der Waals surface area contributed by atoms with Crippen molar-refractivity contribution in [3.8, 4) is 0 Å². The zero-order chi connectivity index (χ0) is 24.1. The molecule has 0 radical (unpaired) electrons. The van der Waals surface area contributed by atoms with Crippen LogP contribution in [0.3, 0.4) is 0 Å². The lowest BCUT2D eigenvalue weighted by molar-refractivity contribution is 0.0160. The van der Waals surface area contributed by atoms with E-state index in [1.54, 1.807) is 77.0 Å². The molecule has 0 spiro atoms. The maximum atomic E-state index is 2.96. The first-order valence-corrected chi connectivity index (χ1v) is 23.4.